The van der Waals surface area contributed by atoms with Gasteiger partial charge in [0.1, 0.15) is 0 Å². The molecule has 2 nitrogen and oxygen atoms in total. The van der Waals surface area contributed by atoms with Crippen molar-refractivity contribution in [2.45, 2.75) is 32.6 Å². The lowest BCUT2D eigenvalue weighted by molar-refractivity contribution is 0.474. The quantitative estimate of drug-likeness (QED) is 0.503. The van der Waals surface area contributed by atoms with Gasteiger partial charge in [-0.3, -0.25) is 0 Å². The first kappa shape index (κ1) is 10.6. The van der Waals surface area contributed by atoms with Crippen molar-refractivity contribution in [3.63, 3.8) is 0 Å². The topological polar surface area (TPSA) is 40.5 Å². The highest BCUT2D eigenvalue weighted by Gasteiger charge is 2.04. The summed E-state index contributed by atoms with van der Waals surface area (Å²) in [7, 11) is 0. The highest BCUT2D eigenvalue weighted by Crippen LogP contribution is 2.35. The molecular formula is C6H15O2PS. The summed E-state index contributed by atoms with van der Waals surface area (Å²) >= 11 is 4.46. The third-order valence-corrected chi connectivity index (χ3v) is 2.75. The van der Waals surface area contributed by atoms with Gasteiger partial charge in [0.25, 0.3) is 0 Å². The third kappa shape index (κ3) is 8.57. The first-order chi connectivity index (χ1) is 4.56. The maximum atomic E-state index is 8.80. The van der Waals surface area contributed by atoms with Crippen LogP contribution in [0.4, 0.5) is 0 Å². The maximum absolute atomic E-state index is 8.80. The summed E-state index contributed by atoms with van der Waals surface area (Å²) in [5.41, 5.74) is 0. The Hall–Kier alpha value is 0.570. The maximum Gasteiger partial charge on any atom is 0.183 e. The average Bonchev–Trinajstić information content (AvgIpc) is 1.78. The second-order valence-corrected chi connectivity index (χ2v) is 5.98. The molecule has 0 amide bonds. The summed E-state index contributed by atoms with van der Waals surface area (Å²) in [6, 6.07) is 0. The third-order valence-electron chi connectivity index (χ3n) is 1.30. The molecule has 0 atom stereocenters. The zero-order chi connectivity index (χ0) is 8.04. The zero-order valence-corrected chi connectivity index (χ0v) is 8.00. The molecule has 10 heavy (non-hydrogen) atoms. The number of rotatable bonds is 5. The highest BCUT2D eigenvalue weighted by atomic mass is 32.5. The van der Waals surface area contributed by atoms with Crippen LogP contribution in [-0.2, 0) is 11.8 Å². The molecule has 0 aliphatic rings. The summed E-state index contributed by atoms with van der Waals surface area (Å²) < 4.78 is 0. The number of hydrogen-bond acceptors (Lipinski definition) is 1. The van der Waals surface area contributed by atoms with Gasteiger partial charge in [-0.15, -0.1) is 0 Å². The number of hydrogen-bond donors (Lipinski definition) is 2. The molecule has 0 aromatic rings. The molecule has 0 spiro atoms. The van der Waals surface area contributed by atoms with E-state index in [1.54, 1.807) is 0 Å². The van der Waals surface area contributed by atoms with Crippen LogP contribution in [0, 0.1) is 0 Å². The standard InChI is InChI=1S/C6H15O2PS/c1-2-3-4-5-6-9(7,8)10/h2-6H2,1H3,(H2,7,8,10). The van der Waals surface area contributed by atoms with Gasteiger partial charge in [-0.2, -0.15) is 0 Å². The molecule has 0 radical (unpaired) electrons. The van der Waals surface area contributed by atoms with Crippen LogP contribution < -0.4 is 0 Å². The van der Waals surface area contributed by atoms with Crippen molar-refractivity contribution < 1.29 is 9.79 Å². The van der Waals surface area contributed by atoms with Gasteiger partial charge in [-0.1, -0.05) is 26.2 Å². The number of unbranched alkanes of at least 4 members (excludes halogenated alkanes) is 3. The molecule has 0 bridgehead atoms. The predicted octanol–water partition coefficient (Wildman–Crippen LogP) is 1.86. The van der Waals surface area contributed by atoms with Crippen LogP contribution in [0.3, 0.4) is 0 Å². The molecule has 4 heteroatoms. The van der Waals surface area contributed by atoms with E-state index in [0.717, 1.165) is 19.3 Å². The van der Waals surface area contributed by atoms with Crippen LogP contribution in [0.5, 0.6) is 0 Å². The molecule has 0 saturated heterocycles. The summed E-state index contributed by atoms with van der Waals surface area (Å²) in [5.74, 6) is 0. The Kier molecular flexibility index (Phi) is 5.55. The zero-order valence-electron chi connectivity index (χ0n) is 6.29. The SMILES string of the molecule is CCCCCCP(O)(O)=S. The molecule has 62 valence electrons. The molecule has 0 aromatic heterocycles. The van der Waals surface area contributed by atoms with Crippen LogP contribution in [0.25, 0.3) is 0 Å². The van der Waals surface area contributed by atoms with Crippen LogP contribution in [0.2, 0.25) is 0 Å². The Morgan fingerprint density at radius 3 is 2.20 bits per heavy atom. The van der Waals surface area contributed by atoms with Crippen LogP contribution in [0.15, 0.2) is 0 Å². The van der Waals surface area contributed by atoms with Crippen LogP contribution >= 0.6 is 6.49 Å². The Bertz CT molecular complexity index is 121. The summed E-state index contributed by atoms with van der Waals surface area (Å²) in [4.78, 5) is 17.6. The second-order valence-electron chi connectivity index (χ2n) is 2.45. The first-order valence-electron chi connectivity index (χ1n) is 3.61. The van der Waals surface area contributed by atoms with Gasteiger partial charge in [-0.25, -0.2) is 0 Å². The monoisotopic (exact) mass is 182 g/mol. The predicted molar refractivity (Wildman–Crippen MR) is 47.7 cm³/mol. The lowest BCUT2D eigenvalue weighted by atomic mass is 10.2. The van der Waals surface area contributed by atoms with Crippen molar-refractivity contribution in [3.05, 3.63) is 0 Å². The van der Waals surface area contributed by atoms with E-state index in [1.807, 2.05) is 0 Å². The van der Waals surface area contributed by atoms with E-state index in [9.17, 15) is 0 Å². The largest absolute Gasteiger partial charge is 0.345 e. The smallest absolute Gasteiger partial charge is 0.183 e. The summed E-state index contributed by atoms with van der Waals surface area (Å²) in [6.45, 7) is -0.754. The van der Waals surface area contributed by atoms with E-state index in [2.05, 4.69) is 18.7 Å². The van der Waals surface area contributed by atoms with Crippen molar-refractivity contribution in [2.75, 3.05) is 6.16 Å². The second kappa shape index (κ2) is 5.25. The molecule has 2 N–H and O–H groups in total. The van der Waals surface area contributed by atoms with Crippen molar-refractivity contribution in [3.8, 4) is 0 Å². The molecule has 0 aliphatic carbocycles. The van der Waals surface area contributed by atoms with Crippen LogP contribution in [-0.4, -0.2) is 15.9 Å². The molecule has 0 rings (SSSR count). The van der Waals surface area contributed by atoms with Gasteiger partial charge in [-0.05, 0) is 18.2 Å². The van der Waals surface area contributed by atoms with Gasteiger partial charge in [0.2, 0.25) is 0 Å². The molecule has 0 aromatic carbocycles. The van der Waals surface area contributed by atoms with Gasteiger partial charge >= 0.3 is 0 Å². The van der Waals surface area contributed by atoms with E-state index in [0.29, 0.717) is 6.16 Å². The van der Waals surface area contributed by atoms with Crippen LogP contribution in [0.1, 0.15) is 32.6 Å². The van der Waals surface area contributed by atoms with Gasteiger partial charge in [0, 0.05) is 6.16 Å². The normalized spacial score (nSPS) is 11.9. The van der Waals surface area contributed by atoms with Gasteiger partial charge < -0.3 is 9.79 Å². The highest BCUT2D eigenvalue weighted by molar-refractivity contribution is 8.09. The Balaban J connectivity index is 3.13. The van der Waals surface area contributed by atoms with E-state index in [-0.39, 0.29) is 0 Å². The fraction of sp³-hybridized carbons (Fsp3) is 1.00. The Morgan fingerprint density at radius 2 is 1.80 bits per heavy atom. The molecule has 0 fully saturated rings. The summed E-state index contributed by atoms with van der Waals surface area (Å²) in [5, 5.41) is 0. The fourth-order valence-electron chi connectivity index (χ4n) is 0.745. The van der Waals surface area contributed by atoms with E-state index >= 15 is 0 Å². The molecular weight excluding hydrogens is 167 g/mol. The molecule has 0 aliphatic heterocycles. The van der Waals surface area contributed by atoms with E-state index in [1.165, 1.54) is 6.42 Å². The van der Waals surface area contributed by atoms with Crippen molar-refractivity contribution >= 4 is 18.3 Å². The molecule has 0 saturated carbocycles. The van der Waals surface area contributed by atoms with Gasteiger partial charge in [0.05, 0.1) is 0 Å². The minimum atomic E-state index is -2.87. The lowest BCUT2D eigenvalue weighted by Crippen LogP contribution is -1.86. The minimum absolute atomic E-state index is 0.419. The Labute approximate surface area is 67.4 Å². The average molecular weight is 182 g/mol. The van der Waals surface area contributed by atoms with Crippen molar-refractivity contribution in [1.29, 1.82) is 0 Å². The minimum Gasteiger partial charge on any atom is -0.345 e. The summed E-state index contributed by atoms with van der Waals surface area (Å²) in [6.07, 6.45) is 4.67. The first-order valence-corrected chi connectivity index (χ1v) is 6.50. The molecule has 0 unspecified atom stereocenters. The van der Waals surface area contributed by atoms with Crippen molar-refractivity contribution in [2.24, 2.45) is 0 Å². The lowest BCUT2D eigenvalue weighted by Gasteiger charge is -2.05. The molecule has 0 heterocycles. The van der Waals surface area contributed by atoms with Gasteiger partial charge in [0.15, 0.2) is 6.49 Å². The fourth-order valence-corrected chi connectivity index (χ4v) is 1.77. The van der Waals surface area contributed by atoms with Crippen molar-refractivity contribution in [1.82, 2.24) is 0 Å². The van der Waals surface area contributed by atoms with E-state index < -0.39 is 6.49 Å². The Morgan fingerprint density at radius 1 is 1.20 bits per heavy atom. The van der Waals surface area contributed by atoms with E-state index in [4.69, 9.17) is 9.79 Å².